The molecule has 78 valence electrons. The first-order valence-corrected chi connectivity index (χ1v) is 4.79. The molecular weight excluding hydrogens is 176 g/mol. The Labute approximate surface area is 85.0 Å². The first kappa shape index (κ1) is 10.9. The fraction of sp³-hybridized carbons (Fsp3) is 0.600. The van der Waals surface area contributed by atoms with Crippen LogP contribution >= 0.6 is 0 Å². The molecule has 14 heavy (non-hydrogen) atoms. The van der Waals surface area contributed by atoms with Gasteiger partial charge in [-0.1, -0.05) is 0 Å². The predicted molar refractivity (Wildman–Crippen MR) is 58.1 cm³/mol. The maximum atomic E-state index is 5.86. The van der Waals surface area contributed by atoms with Crippen molar-refractivity contribution in [3.63, 3.8) is 0 Å². The number of aryl methyl sites for hydroxylation is 1. The molecule has 0 fully saturated rings. The topological polar surface area (TPSA) is 63.8 Å². The molecule has 3 N–H and O–H groups in total. The second-order valence-electron chi connectivity index (χ2n) is 4.21. The molecule has 4 heteroatoms. The van der Waals surface area contributed by atoms with Crippen LogP contribution in [0, 0.1) is 6.92 Å². The van der Waals surface area contributed by atoms with Gasteiger partial charge in [-0.15, -0.1) is 0 Å². The van der Waals surface area contributed by atoms with E-state index >= 15 is 0 Å². The summed E-state index contributed by atoms with van der Waals surface area (Å²) in [5.74, 6) is 0.863. The first-order chi connectivity index (χ1) is 6.47. The highest BCUT2D eigenvalue weighted by Gasteiger charge is 2.09. The third-order valence-electron chi connectivity index (χ3n) is 1.88. The number of nitrogens with zero attached hydrogens (tertiary/aromatic N) is 2. The van der Waals surface area contributed by atoms with Crippen molar-refractivity contribution in [3.05, 3.63) is 18.1 Å². The Balaban J connectivity index is 2.39. The lowest BCUT2D eigenvalue weighted by atomic mass is 10.0. The van der Waals surface area contributed by atoms with Gasteiger partial charge in [-0.05, 0) is 27.2 Å². The Morgan fingerprint density at radius 3 is 2.71 bits per heavy atom. The highest BCUT2D eigenvalue weighted by molar-refractivity contribution is 5.34. The van der Waals surface area contributed by atoms with Gasteiger partial charge in [0.25, 0.3) is 0 Å². The summed E-state index contributed by atoms with van der Waals surface area (Å²) in [5.41, 5.74) is 6.69. The molecule has 0 saturated heterocycles. The molecule has 0 atom stereocenters. The molecule has 0 aromatic carbocycles. The molecular formula is C10H18N4. The fourth-order valence-corrected chi connectivity index (χ4v) is 1.06. The monoisotopic (exact) mass is 194 g/mol. The van der Waals surface area contributed by atoms with Crippen molar-refractivity contribution in [1.82, 2.24) is 9.97 Å². The molecule has 1 aromatic heterocycles. The molecule has 1 rings (SSSR count). The summed E-state index contributed by atoms with van der Waals surface area (Å²) in [4.78, 5) is 8.12. The van der Waals surface area contributed by atoms with Crippen LogP contribution in [0.3, 0.4) is 0 Å². The molecule has 0 unspecified atom stereocenters. The van der Waals surface area contributed by atoms with Crippen LogP contribution in [0.15, 0.2) is 12.4 Å². The number of aromatic nitrogens is 2. The van der Waals surface area contributed by atoms with E-state index in [1.165, 1.54) is 0 Å². The van der Waals surface area contributed by atoms with Gasteiger partial charge in [0, 0.05) is 23.8 Å². The van der Waals surface area contributed by atoms with Crippen molar-refractivity contribution in [2.75, 3.05) is 11.9 Å². The van der Waals surface area contributed by atoms with Crippen molar-refractivity contribution < 1.29 is 0 Å². The zero-order chi connectivity index (χ0) is 10.6. The van der Waals surface area contributed by atoms with E-state index < -0.39 is 0 Å². The maximum Gasteiger partial charge on any atom is 0.129 e. The van der Waals surface area contributed by atoms with Crippen molar-refractivity contribution >= 4 is 5.82 Å². The Morgan fingerprint density at radius 2 is 2.14 bits per heavy atom. The van der Waals surface area contributed by atoms with Crippen LogP contribution in [0.4, 0.5) is 5.82 Å². The van der Waals surface area contributed by atoms with E-state index in [-0.39, 0.29) is 5.54 Å². The van der Waals surface area contributed by atoms with Crippen LogP contribution in [0.5, 0.6) is 0 Å². The Bertz CT molecular complexity index is 290. The predicted octanol–water partition coefficient (Wildman–Crippen LogP) is 1.32. The van der Waals surface area contributed by atoms with Gasteiger partial charge >= 0.3 is 0 Å². The number of anilines is 1. The third-order valence-corrected chi connectivity index (χ3v) is 1.88. The highest BCUT2D eigenvalue weighted by Crippen LogP contribution is 2.06. The zero-order valence-corrected chi connectivity index (χ0v) is 9.04. The number of hydrogen-bond acceptors (Lipinski definition) is 4. The second-order valence-corrected chi connectivity index (χ2v) is 4.21. The second kappa shape index (κ2) is 4.37. The van der Waals surface area contributed by atoms with Crippen LogP contribution in [-0.2, 0) is 0 Å². The Hall–Kier alpha value is -1.16. The van der Waals surface area contributed by atoms with E-state index in [2.05, 4.69) is 15.3 Å². The summed E-state index contributed by atoms with van der Waals surface area (Å²) in [6, 6.07) is 1.92. The number of rotatable bonds is 4. The van der Waals surface area contributed by atoms with Crippen molar-refractivity contribution in [2.24, 2.45) is 5.73 Å². The average Bonchev–Trinajstić information content (AvgIpc) is 2.01. The van der Waals surface area contributed by atoms with Gasteiger partial charge in [-0.25, -0.2) is 9.97 Å². The van der Waals surface area contributed by atoms with E-state index in [1.54, 1.807) is 6.33 Å². The average molecular weight is 194 g/mol. The number of nitrogens with one attached hydrogen (secondary N) is 1. The molecule has 0 radical (unpaired) electrons. The van der Waals surface area contributed by atoms with Crippen LogP contribution in [-0.4, -0.2) is 22.1 Å². The summed E-state index contributed by atoms with van der Waals surface area (Å²) >= 11 is 0. The fourth-order valence-electron chi connectivity index (χ4n) is 1.06. The molecule has 0 amide bonds. The molecule has 0 aliphatic carbocycles. The van der Waals surface area contributed by atoms with E-state index in [9.17, 15) is 0 Å². The van der Waals surface area contributed by atoms with Gasteiger partial charge in [0.1, 0.15) is 12.1 Å². The van der Waals surface area contributed by atoms with Crippen molar-refractivity contribution in [3.8, 4) is 0 Å². The molecule has 1 aromatic rings. The number of nitrogens with two attached hydrogens (primary N) is 1. The summed E-state index contributed by atoms with van der Waals surface area (Å²) in [5, 5.41) is 3.21. The highest BCUT2D eigenvalue weighted by atomic mass is 15.0. The van der Waals surface area contributed by atoms with Gasteiger partial charge < -0.3 is 11.1 Å². The molecule has 0 saturated carbocycles. The zero-order valence-electron chi connectivity index (χ0n) is 9.04. The van der Waals surface area contributed by atoms with Crippen LogP contribution < -0.4 is 11.1 Å². The van der Waals surface area contributed by atoms with Gasteiger partial charge in [0.05, 0.1) is 0 Å². The molecule has 0 spiro atoms. The van der Waals surface area contributed by atoms with Crippen molar-refractivity contribution in [1.29, 1.82) is 0 Å². The van der Waals surface area contributed by atoms with Crippen LogP contribution in [0.25, 0.3) is 0 Å². The smallest absolute Gasteiger partial charge is 0.129 e. The lowest BCUT2D eigenvalue weighted by Gasteiger charge is -2.18. The van der Waals surface area contributed by atoms with Gasteiger partial charge in [-0.3, -0.25) is 0 Å². The maximum absolute atomic E-state index is 5.86. The Morgan fingerprint density at radius 1 is 1.43 bits per heavy atom. The summed E-state index contributed by atoms with van der Waals surface area (Å²) in [6.45, 7) is 6.81. The summed E-state index contributed by atoms with van der Waals surface area (Å²) in [7, 11) is 0. The summed E-state index contributed by atoms with van der Waals surface area (Å²) in [6.07, 6.45) is 2.47. The third kappa shape index (κ3) is 4.18. The first-order valence-electron chi connectivity index (χ1n) is 4.79. The summed E-state index contributed by atoms with van der Waals surface area (Å²) < 4.78 is 0. The minimum absolute atomic E-state index is 0.130. The minimum atomic E-state index is -0.130. The lowest BCUT2D eigenvalue weighted by Crippen LogP contribution is -2.34. The van der Waals surface area contributed by atoms with Gasteiger partial charge in [0.2, 0.25) is 0 Å². The normalized spacial score (nSPS) is 11.4. The quantitative estimate of drug-likeness (QED) is 0.759. The molecule has 0 aliphatic rings. The molecule has 0 bridgehead atoms. The van der Waals surface area contributed by atoms with Crippen molar-refractivity contribution in [2.45, 2.75) is 32.7 Å². The van der Waals surface area contributed by atoms with Crippen LogP contribution in [0.2, 0.25) is 0 Å². The van der Waals surface area contributed by atoms with Gasteiger partial charge in [0.15, 0.2) is 0 Å². The van der Waals surface area contributed by atoms with Crippen LogP contribution in [0.1, 0.15) is 26.0 Å². The lowest BCUT2D eigenvalue weighted by molar-refractivity contribution is 0.490. The molecule has 4 nitrogen and oxygen atoms in total. The standard InChI is InChI=1S/C10H18N4/c1-8-6-9(14-7-13-8)12-5-4-10(2,3)11/h6-7H,4-5,11H2,1-3H3,(H,12,13,14). The van der Waals surface area contributed by atoms with E-state index in [0.29, 0.717) is 0 Å². The van der Waals surface area contributed by atoms with Gasteiger partial charge in [-0.2, -0.15) is 0 Å². The minimum Gasteiger partial charge on any atom is -0.370 e. The number of hydrogen-bond donors (Lipinski definition) is 2. The molecule has 0 aliphatic heterocycles. The van der Waals surface area contributed by atoms with E-state index in [0.717, 1.165) is 24.5 Å². The SMILES string of the molecule is Cc1cc(NCCC(C)(C)N)ncn1. The largest absolute Gasteiger partial charge is 0.370 e. The van der Waals surface area contributed by atoms with E-state index in [1.807, 2.05) is 26.8 Å². The van der Waals surface area contributed by atoms with E-state index in [4.69, 9.17) is 5.73 Å². The molecule has 1 heterocycles. The Kier molecular flexibility index (Phi) is 3.41.